The van der Waals surface area contributed by atoms with Gasteiger partial charge in [0.25, 0.3) is 0 Å². The van der Waals surface area contributed by atoms with Crippen molar-refractivity contribution in [3.63, 3.8) is 0 Å². The first kappa shape index (κ1) is 20.2. The molecule has 0 radical (unpaired) electrons. The lowest BCUT2D eigenvalue weighted by Crippen LogP contribution is -2.44. The molecular weight excluding hydrogens is 403 g/mol. The molecule has 1 aliphatic rings. The van der Waals surface area contributed by atoms with Gasteiger partial charge in [0.2, 0.25) is 16.9 Å². The number of halogens is 1. The Labute approximate surface area is 177 Å². The van der Waals surface area contributed by atoms with Crippen molar-refractivity contribution in [1.82, 2.24) is 15.1 Å². The summed E-state index contributed by atoms with van der Waals surface area (Å²) in [5.74, 6) is -0.820. The van der Waals surface area contributed by atoms with Crippen LogP contribution in [-0.4, -0.2) is 40.0 Å². The maximum absolute atomic E-state index is 13.0. The number of piperidine rings is 1. The van der Waals surface area contributed by atoms with E-state index in [9.17, 15) is 14.0 Å². The average molecular weight is 425 g/mol. The number of benzene rings is 2. The number of hydrogen-bond acceptors (Lipinski definition) is 5. The molecule has 2 heterocycles. The highest BCUT2D eigenvalue weighted by Gasteiger charge is 2.29. The maximum atomic E-state index is 13.0. The molecule has 1 fully saturated rings. The fourth-order valence-electron chi connectivity index (χ4n) is 3.48. The summed E-state index contributed by atoms with van der Waals surface area (Å²) < 4.78 is 13.0. The van der Waals surface area contributed by atoms with E-state index in [1.54, 1.807) is 17.0 Å². The van der Waals surface area contributed by atoms with Crippen LogP contribution in [-0.2, 0) is 16.0 Å². The van der Waals surface area contributed by atoms with Crippen molar-refractivity contribution in [2.75, 3.05) is 18.4 Å². The highest BCUT2D eigenvalue weighted by atomic mass is 32.1. The topological polar surface area (TPSA) is 75.2 Å². The van der Waals surface area contributed by atoms with E-state index in [4.69, 9.17) is 0 Å². The zero-order valence-corrected chi connectivity index (χ0v) is 17.1. The van der Waals surface area contributed by atoms with Gasteiger partial charge in [0, 0.05) is 18.7 Å². The lowest BCUT2D eigenvalue weighted by Gasteiger charge is -2.32. The van der Waals surface area contributed by atoms with Crippen LogP contribution >= 0.6 is 11.3 Å². The van der Waals surface area contributed by atoms with Crippen LogP contribution in [0.1, 0.15) is 18.4 Å². The van der Waals surface area contributed by atoms with Gasteiger partial charge in [-0.1, -0.05) is 53.8 Å². The Morgan fingerprint density at radius 3 is 2.63 bits per heavy atom. The van der Waals surface area contributed by atoms with Gasteiger partial charge in [0.15, 0.2) is 0 Å². The Hall–Kier alpha value is -3.13. The van der Waals surface area contributed by atoms with Crippen molar-refractivity contribution < 1.29 is 14.0 Å². The number of nitrogens with one attached hydrogen (secondary N) is 1. The highest BCUT2D eigenvalue weighted by Crippen LogP contribution is 2.27. The van der Waals surface area contributed by atoms with Crippen LogP contribution in [0.3, 0.4) is 0 Å². The second kappa shape index (κ2) is 9.13. The van der Waals surface area contributed by atoms with E-state index in [2.05, 4.69) is 15.5 Å². The molecule has 1 N–H and O–H groups in total. The highest BCUT2D eigenvalue weighted by molar-refractivity contribution is 7.18. The number of aromatic nitrogens is 2. The molecule has 1 saturated heterocycles. The smallest absolute Gasteiger partial charge is 0.231 e. The van der Waals surface area contributed by atoms with E-state index in [0.717, 1.165) is 29.0 Å². The molecule has 2 amide bonds. The standard InChI is InChI=1S/C22H21FN4O2S/c23-18-10-8-15(9-11-18)13-19(28)27-12-4-7-17(14-27)20(29)24-22-26-25-21(30-22)16-5-2-1-3-6-16/h1-3,5-6,8-11,17H,4,7,12-14H2,(H,24,26,29). The summed E-state index contributed by atoms with van der Waals surface area (Å²) in [6, 6.07) is 15.6. The third-order valence-electron chi connectivity index (χ3n) is 5.09. The average Bonchev–Trinajstić information content (AvgIpc) is 3.24. The molecule has 2 aromatic carbocycles. The predicted molar refractivity (Wildman–Crippen MR) is 113 cm³/mol. The molecule has 30 heavy (non-hydrogen) atoms. The lowest BCUT2D eigenvalue weighted by atomic mass is 9.96. The molecule has 6 nitrogen and oxygen atoms in total. The molecule has 0 aliphatic carbocycles. The van der Waals surface area contributed by atoms with E-state index >= 15 is 0 Å². The molecule has 0 spiro atoms. The van der Waals surface area contributed by atoms with Crippen molar-refractivity contribution >= 4 is 28.3 Å². The normalized spacial score (nSPS) is 16.3. The van der Waals surface area contributed by atoms with Gasteiger partial charge in [-0.15, -0.1) is 10.2 Å². The maximum Gasteiger partial charge on any atom is 0.231 e. The molecule has 1 aliphatic heterocycles. The Morgan fingerprint density at radius 2 is 1.87 bits per heavy atom. The number of anilines is 1. The van der Waals surface area contributed by atoms with Crippen LogP contribution in [0.2, 0.25) is 0 Å². The van der Waals surface area contributed by atoms with E-state index in [-0.39, 0.29) is 30.0 Å². The second-order valence-corrected chi connectivity index (χ2v) is 8.23. The van der Waals surface area contributed by atoms with Crippen molar-refractivity contribution in [2.24, 2.45) is 5.92 Å². The molecule has 1 aromatic heterocycles. The van der Waals surface area contributed by atoms with Gasteiger partial charge in [0.1, 0.15) is 10.8 Å². The molecule has 4 rings (SSSR count). The van der Waals surface area contributed by atoms with Gasteiger partial charge in [-0.3, -0.25) is 9.59 Å². The van der Waals surface area contributed by atoms with E-state index in [0.29, 0.717) is 18.2 Å². The first-order chi connectivity index (χ1) is 14.6. The molecule has 0 bridgehead atoms. The summed E-state index contributed by atoms with van der Waals surface area (Å²) in [4.78, 5) is 27.1. The minimum Gasteiger partial charge on any atom is -0.342 e. The van der Waals surface area contributed by atoms with Gasteiger partial charge in [-0.25, -0.2) is 4.39 Å². The predicted octanol–water partition coefficient (Wildman–Crippen LogP) is 3.76. The van der Waals surface area contributed by atoms with Crippen molar-refractivity contribution in [1.29, 1.82) is 0 Å². The first-order valence-corrected chi connectivity index (χ1v) is 10.6. The van der Waals surface area contributed by atoms with Gasteiger partial charge < -0.3 is 10.2 Å². The minimum atomic E-state index is -0.326. The summed E-state index contributed by atoms with van der Waals surface area (Å²) in [6.45, 7) is 0.997. The molecule has 0 saturated carbocycles. The second-order valence-electron chi connectivity index (χ2n) is 7.25. The summed E-state index contributed by atoms with van der Waals surface area (Å²) in [7, 11) is 0. The third kappa shape index (κ3) is 4.88. The number of amides is 2. The van der Waals surface area contributed by atoms with Crippen LogP contribution in [0, 0.1) is 11.7 Å². The number of rotatable bonds is 5. The van der Waals surface area contributed by atoms with Crippen LogP contribution < -0.4 is 5.32 Å². The Morgan fingerprint density at radius 1 is 1.10 bits per heavy atom. The van der Waals surface area contributed by atoms with Crippen LogP contribution in [0.15, 0.2) is 54.6 Å². The number of likely N-dealkylation sites (tertiary alicyclic amines) is 1. The SMILES string of the molecule is O=C(Nc1nnc(-c2ccccc2)s1)C1CCCN(C(=O)Cc2ccc(F)cc2)C1. The van der Waals surface area contributed by atoms with E-state index in [1.165, 1.54) is 23.5 Å². The number of nitrogens with zero attached hydrogens (tertiary/aromatic N) is 3. The number of hydrogen-bond donors (Lipinski definition) is 1. The zero-order valence-electron chi connectivity index (χ0n) is 16.3. The molecule has 8 heteroatoms. The van der Waals surface area contributed by atoms with Crippen LogP contribution in [0.5, 0.6) is 0 Å². The van der Waals surface area contributed by atoms with Crippen LogP contribution in [0.4, 0.5) is 9.52 Å². The van der Waals surface area contributed by atoms with Gasteiger partial charge in [0.05, 0.1) is 12.3 Å². The number of carbonyl (C=O) groups is 2. The largest absolute Gasteiger partial charge is 0.342 e. The van der Waals surface area contributed by atoms with Crippen molar-refractivity contribution in [3.05, 3.63) is 66.0 Å². The Bertz CT molecular complexity index is 1020. The molecular formula is C22H21FN4O2S. The zero-order chi connectivity index (χ0) is 20.9. The fourth-order valence-corrected chi connectivity index (χ4v) is 4.24. The fraction of sp³-hybridized carbons (Fsp3) is 0.273. The van der Waals surface area contributed by atoms with Crippen LogP contribution in [0.25, 0.3) is 10.6 Å². The van der Waals surface area contributed by atoms with Gasteiger partial charge >= 0.3 is 0 Å². The monoisotopic (exact) mass is 424 g/mol. The molecule has 1 unspecified atom stereocenters. The minimum absolute atomic E-state index is 0.0543. The van der Waals surface area contributed by atoms with Gasteiger partial charge in [-0.2, -0.15) is 0 Å². The summed E-state index contributed by atoms with van der Waals surface area (Å²) in [5, 5.41) is 12.3. The first-order valence-electron chi connectivity index (χ1n) is 9.80. The molecule has 154 valence electrons. The van der Waals surface area contributed by atoms with Crippen molar-refractivity contribution in [3.8, 4) is 10.6 Å². The molecule has 1 atom stereocenters. The summed E-state index contributed by atoms with van der Waals surface area (Å²) in [5.41, 5.74) is 1.71. The van der Waals surface area contributed by atoms with Crippen molar-refractivity contribution in [2.45, 2.75) is 19.3 Å². The van der Waals surface area contributed by atoms with E-state index < -0.39 is 0 Å². The Balaban J connectivity index is 1.35. The number of carbonyl (C=O) groups excluding carboxylic acids is 2. The quantitative estimate of drug-likeness (QED) is 0.677. The molecule has 3 aromatic rings. The van der Waals surface area contributed by atoms with Gasteiger partial charge in [-0.05, 0) is 30.5 Å². The third-order valence-corrected chi connectivity index (χ3v) is 5.98. The Kier molecular flexibility index (Phi) is 6.13. The van der Waals surface area contributed by atoms with E-state index in [1.807, 2.05) is 30.3 Å². The summed E-state index contributed by atoms with van der Waals surface area (Å²) >= 11 is 1.32. The lowest BCUT2D eigenvalue weighted by molar-refractivity contribution is -0.133. The summed E-state index contributed by atoms with van der Waals surface area (Å²) in [6.07, 6.45) is 1.68.